The third-order valence-electron chi connectivity index (χ3n) is 3.68. The maximum atomic E-state index is 2.59. The minimum atomic E-state index is -0.349. The summed E-state index contributed by atoms with van der Waals surface area (Å²) in [5.41, 5.74) is 2.28. The maximum Gasteiger partial charge on any atom is 0.0396 e. The Morgan fingerprint density at radius 1 is 1.36 bits per heavy atom. The van der Waals surface area contributed by atoms with Gasteiger partial charge in [-0.25, -0.2) is 0 Å². The van der Waals surface area contributed by atoms with Crippen LogP contribution in [0.2, 0.25) is 17.6 Å². The first-order chi connectivity index (χ1) is 5.25. The molecule has 11 heavy (non-hydrogen) atoms. The molecule has 1 aliphatic carbocycles. The second-order valence-corrected chi connectivity index (χ2v) is 8.09. The minimum absolute atomic E-state index is 0.349. The minimum Gasteiger partial charge on any atom is -0.0716 e. The average molecular weight is 170 g/mol. The summed E-state index contributed by atoms with van der Waals surface area (Å²) in [6.45, 7) is 7.41. The second-order valence-electron chi connectivity index (χ2n) is 4.29. The molecule has 0 saturated heterocycles. The quantitative estimate of drug-likeness (QED) is 0.568. The second kappa shape index (κ2) is 4.29. The van der Waals surface area contributed by atoms with Gasteiger partial charge in [0.05, 0.1) is 0 Å². The number of hydrogen-bond acceptors (Lipinski definition) is 0. The van der Waals surface area contributed by atoms with Crippen molar-refractivity contribution in [1.29, 1.82) is 0 Å². The van der Waals surface area contributed by atoms with Crippen molar-refractivity contribution in [2.75, 3.05) is 0 Å². The van der Waals surface area contributed by atoms with Gasteiger partial charge >= 0.3 is 0 Å². The Hall–Kier alpha value is 0.217. The Morgan fingerprint density at radius 2 is 1.91 bits per heavy atom. The molecule has 0 amide bonds. The van der Waals surface area contributed by atoms with Crippen molar-refractivity contribution in [3.05, 3.63) is 0 Å². The molecule has 0 aromatic carbocycles. The van der Waals surface area contributed by atoms with Crippen LogP contribution in [0.3, 0.4) is 0 Å². The Bertz CT molecular complexity index is 105. The highest BCUT2D eigenvalue weighted by molar-refractivity contribution is 6.60. The SMILES string of the molecule is CCC(C)[SiH](C)C1CCCC1. The van der Waals surface area contributed by atoms with E-state index in [0.29, 0.717) is 0 Å². The molecule has 0 aliphatic heterocycles. The van der Waals surface area contributed by atoms with E-state index in [1.54, 1.807) is 12.8 Å². The maximum absolute atomic E-state index is 2.59. The first kappa shape index (κ1) is 9.31. The lowest BCUT2D eigenvalue weighted by Gasteiger charge is -2.22. The van der Waals surface area contributed by atoms with Gasteiger partial charge in [0.25, 0.3) is 0 Å². The molecule has 1 saturated carbocycles. The summed E-state index contributed by atoms with van der Waals surface area (Å²) < 4.78 is 0. The standard InChI is InChI=1S/C10H22Si/c1-4-9(2)11(3)10-7-5-6-8-10/h9-11H,4-8H2,1-3H3. The molecule has 1 heteroatoms. The monoisotopic (exact) mass is 170 g/mol. The average Bonchev–Trinajstić information content (AvgIpc) is 2.53. The highest BCUT2D eigenvalue weighted by Gasteiger charge is 2.25. The van der Waals surface area contributed by atoms with E-state index in [2.05, 4.69) is 20.4 Å². The summed E-state index contributed by atoms with van der Waals surface area (Å²) >= 11 is 0. The molecule has 0 spiro atoms. The molecular formula is C10H22Si. The fourth-order valence-electron chi connectivity index (χ4n) is 2.32. The highest BCUT2D eigenvalue weighted by Crippen LogP contribution is 2.37. The van der Waals surface area contributed by atoms with Gasteiger partial charge in [-0.05, 0) is 5.54 Å². The lowest BCUT2D eigenvalue weighted by molar-refractivity contribution is 0.780. The summed E-state index contributed by atoms with van der Waals surface area (Å²) in [5.74, 6) is 0. The smallest absolute Gasteiger partial charge is 0.0396 e. The molecule has 0 aromatic heterocycles. The van der Waals surface area contributed by atoms with Crippen LogP contribution in [-0.4, -0.2) is 8.80 Å². The highest BCUT2D eigenvalue weighted by atomic mass is 28.3. The van der Waals surface area contributed by atoms with E-state index in [4.69, 9.17) is 0 Å². The fraction of sp³-hybridized carbons (Fsp3) is 1.00. The van der Waals surface area contributed by atoms with Crippen molar-refractivity contribution in [3.63, 3.8) is 0 Å². The summed E-state index contributed by atoms with van der Waals surface area (Å²) in [6.07, 6.45) is 7.61. The van der Waals surface area contributed by atoms with E-state index >= 15 is 0 Å². The molecule has 0 heterocycles. The van der Waals surface area contributed by atoms with E-state index in [-0.39, 0.29) is 8.80 Å². The van der Waals surface area contributed by atoms with Crippen LogP contribution in [0.25, 0.3) is 0 Å². The van der Waals surface area contributed by atoms with Crippen molar-refractivity contribution >= 4 is 8.80 Å². The summed E-state index contributed by atoms with van der Waals surface area (Å²) in [6, 6.07) is 0. The fourth-order valence-corrected chi connectivity index (χ4v) is 5.52. The van der Waals surface area contributed by atoms with Gasteiger partial charge in [-0.3, -0.25) is 0 Å². The molecule has 0 aromatic rings. The topological polar surface area (TPSA) is 0 Å². The molecule has 1 fully saturated rings. The van der Waals surface area contributed by atoms with Gasteiger partial charge in [0.15, 0.2) is 0 Å². The van der Waals surface area contributed by atoms with Gasteiger partial charge in [-0.1, -0.05) is 58.0 Å². The summed E-state index contributed by atoms with van der Waals surface area (Å²) in [5, 5.41) is 0. The molecule has 1 rings (SSSR count). The lowest BCUT2D eigenvalue weighted by atomic mass is 10.3. The van der Waals surface area contributed by atoms with Crippen LogP contribution in [0.4, 0.5) is 0 Å². The zero-order valence-electron chi connectivity index (χ0n) is 8.27. The largest absolute Gasteiger partial charge is 0.0716 e. The van der Waals surface area contributed by atoms with Crippen LogP contribution in [0.5, 0.6) is 0 Å². The van der Waals surface area contributed by atoms with E-state index in [0.717, 1.165) is 5.54 Å². The molecule has 2 atom stereocenters. The summed E-state index contributed by atoms with van der Waals surface area (Å²) in [7, 11) is -0.349. The van der Waals surface area contributed by atoms with Crippen LogP contribution in [0, 0.1) is 0 Å². The van der Waals surface area contributed by atoms with E-state index in [9.17, 15) is 0 Å². The van der Waals surface area contributed by atoms with Crippen molar-refractivity contribution in [1.82, 2.24) is 0 Å². The third kappa shape index (κ3) is 2.33. The lowest BCUT2D eigenvalue weighted by Crippen LogP contribution is -2.19. The molecule has 0 radical (unpaired) electrons. The first-order valence-corrected chi connectivity index (χ1v) is 7.74. The Labute approximate surface area is 73.0 Å². The van der Waals surface area contributed by atoms with Gasteiger partial charge < -0.3 is 0 Å². The van der Waals surface area contributed by atoms with Crippen LogP contribution in [0.15, 0.2) is 0 Å². The zero-order valence-corrected chi connectivity index (χ0v) is 9.42. The number of hydrogen-bond donors (Lipinski definition) is 0. The first-order valence-electron chi connectivity index (χ1n) is 5.25. The van der Waals surface area contributed by atoms with Crippen LogP contribution in [-0.2, 0) is 0 Å². The molecule has 0 bridgehead atoms. The zero-order chi connectivity index (χ0) is 8.27. The Morgan fingerprint density at radius 3 is 2.36 bits per heavy atom. The Balaban J connectivity index is 2.32. The van der Waals surface area contributed by atoms with E-state index in [1.165, 1.54) is 24.8 Å². The van der Waals surface area contributed by atoms with E-state index in [1.807, 2.05) is 0 Å². The van der Waals surface area contributed by atoms with Gasteiger partial charge in [-0.2, -0.15) is 0 Å². The van der Waals surface area contributed by atoms with Gasteiger partial charge in [0.2, 0.25) is 0 Å². The molecule has 0 N–H and O–H groups in total. The summed E-state index contributed by atoms with van der Waals surface area (Å²) in [4.78, 5) is 0. The third-order valence-corrected chi connectivity index (χ3v) is 8.11. The normalized spacial score (nSPS) is 25.4. The molecule has 2 unspecified atom stereocenters. The molecule has 0 nitrogen and oxygen atoms in total. The predicted molar refractivity (Wildman–Crippen MR) is 54.9 cm³/mol. The van der Waals surface area contributed by atoms with Crippen LogP contribution < -0.4 is 0 Å². The van der Waals surface area contributed by atoms with Crippen molar-refractivity contribution in [2.45, 2.75) is 63.6 Å². The van der Waals surface area contributed by atoms with E-state index < -0.39 is 0 Å². The van der Waals surface area contributed by atoms with Gasteiger partial charge in [-0.15, -0.1) is 0 Å². The number of rotatable bonds is 3. The predicted octanol–water partition coefficient (Wildman–Crippen LogP) is 3.59. The van der Waals surface area contributed by atoms with Crippen molar-refractivity contribution < 1.29 is 0 Å². The van der Waals surface area contributed by atoms with Gasteiger partial charge in [0, 0.05) is 8.80 Å². The Kier molecular flexibility index (Phi) is 3.63. The molecular weight excluding hydrogens is 148 g/mol. The van der Waals surface area contributed by atoms with Gasteiger partial charge in [0.1, 0.15) is 0 Å². The molecule has 66 valence electrons. The van der Waals surface area contributed by atoms with Crippen LogP contribution in [0.1, 0.15) is 46.0 Å². The van der Waals surface area contributed by atoms with Crippen LogP contribution >= 0.6 is 0 Å². The van der Waals surface area contributed by atoms with Crippen molar-refractivity contribution in [3.8, 4) is 0 Å². The molecule has 1 aliphatic rings. The van der Waals surface area contributed by atoms with Crippen molar-refractivity contribution in [2.24, 2.45) is 0 Å².